The van der Waals surface area contributed by atoms with E-state index in [-0.39, 0.29) is 16.2 Å². The second kappa shape index (κ2) is 7.84. The van der Waals surface area contributed by atoms with Gasteiger partial charge in [0.05, 0.1) is 0 Å². The van der Waals surface area contributed by atoms with Crippen molar-refractivity contribution in [2.45, 2.75) is 83.9 Å². The van der Waals surface area contributed by atoms with Gasteiger partial charge in [0.25, 0.3) is 0 Å². The Balaban J connectivity index is 3.08. The average molecular weight is 391 g/mol. The van der Waals surface area contributed by atoms with Gasteiger partial charge in [-0.3, -0.25) is 0 Å². The first kappa shape index (κ1) is 22.3. The number of hydrogen-bond acceptors (Lipinski definition) is 2. The van der Waals surface area contributed by atoms with E-state index >= 15 is 0 Å². The van der Waals surface area contributed by atoms with Gasteiger partial charge in [0.2, 0.25) is 0 Å². The molecule has 0 spiro atoms. The van der Waals surface area contributed by atoms with Crippen LogP contribution >= 0.6 is 11.3 Å². The molecule has 1 heterocycles. The molecule has 25 heavy (non-hydrogen) atoms. The Hall–Kier alpha value is -0.786. The molecule has 0 fully saturated rings. The van der Waals surface area contributed by atoms with E-state index in [1.807, 2.05) is 0 Å². The highest BCUT2D eigenvalue weighted by atomic mass is 32.1. The minimum absolute atomic E-state index is 0.164. The van der Waals surface area contributed by atoms with Gasteiger partial charge in [0.1, 0.15) is 14.2 Å². The van der Waals surface area contributed by atoms with Crippen LogP contribution in [0, 0.1) is 23.3 Å². The van der Waals surface area contributed by atoms with Crippen molar-refractivity contribution in [1.29, 1.82) is 0 Å². The molecule has 0 aliphatic carbocycles. The molecule has 0 bridgehead atoms. The minimum atomic E-state index is -1.89. The summed E-state index contributed by atoms with van der Waals surface area (Å²) in [5.41, 5.74) is 3.47. The van der Waals surface area contributed by atoms with Crippen molar-refractivity contribution in [3.05, 3.63) is 22.4 Å². The van der Waals surface area contributed by atoms with Crippen molar-refractivity contribution in [1.82, 2.24) is 0 Å². The molecular weight excluding hydrogens is 356 g/mol. The second-order valence-electron chi connectivity index (χ2n) is 9.67. The Morgan fingerprint density at radius 2 is 1.56 bits per heavy atom. The number of thiophene rings is 1. The lowest BCUT2D eigenvalue weighted by Gasteiger charge is -2.37. The van der Waals surface area contributed by atoms with Crippen LogP contribution in [0.5, 0.6) is 0 Å². The fourth-order valence-corrected chi connectivity index (χ4v) is 4.21. The Morgan fingerprint density at radius 3 is 2.00 bits per heavy atom. The lowest BCUT2D eigenvalue weighted by Crippen LogP contribution is -2.41. The normalized spacial score (nSPS) is 14.2. The van der Waals surface area contributed by atoms with Crippen molar-refractivity contribution in [3.8, 4) is 23.3 Å². The summed E-state index contributed by atoms with van der Waals surface area (Å²) in [7, 11) is -3.50. The van der Waals surface area contributed by atoms with Crippen molar-refractivity contribution in [2.24, 2.45) is 0 Å². The molecule has 0 saturated heterocycles. The number of rotatable bonds is 3. The van der Waals surface area contributed by atoms with Gasteiger partial charge in [-0.05, 0) is 46.5 Å². The maximum absolute atomic E-state index is 6.57. The fourth-order valence-electron chi connectivity index (χ4n) is 1.55. The SMILES string of the molecule is CC(C)(C)[Si](C)(C)C#CC#CC(O[Si](C)(C)C(C)(C)C)c1cccs1. The van der Waals surface area contributed by atoms with Crippen molar-refractivity contribution >= 4 is 27.7 Å². The maximum atomic E-state index is 6.57. The number of hydrogen-bond donors (Lipinski definition) is 0. The molecule has 138 valence electrons. The van der Waals surface area contributed by atoms with Crippen LogP contribution in [0.4, 0.5) is 0 Å². The molecule has 0 aromatic carbocycles. The van der Waals surface area contributed by atoms with E-state index in [0.29, 0.717) is 0 Å². The first-order chi connectivity index (χ1) is 11.2. The zero-order chi connectivity index (χ0) is 19.5. The highest BCUT2D eigenvalue weighted by Gasteiger charge is 2.39. The third kappa shape index (κ3) is 6.15. The van der Waals surface area contributed by atoms with Crippen LogP contribution in [0.2, 0.25) is 36.3 Å². The summed E-state index contributed by atoms with van der Waals surface area (Å²) >= 11 is 1.71. The summed E-state index contributed by atoms with van der Waals surface area (Å²) < 4.78 is 6.57. The summed E-state index contributed by atoms with van der Waals surface area (Å²) in [4.78, 5) is 1.17. The zero-order valence-corrected chi connectivity index (χ0v) is 20.4. The lowest BCUT2D eigenvalue weighted by molar-refractivity contribution is 0.241. The maximum Gasteiger partial charge on any atom is 0.194 e. The van der Waals surface area contributed by atoms with E-state index in [2.05, 4.69) is 109 Å². The lowest BCUT2D eigenvalue weighted by atomic mass is 10.2. The summed E-state index contributed by atoms with van der Waals surface area (Å²) in [5.74, 6) is 9.54. The fraction of sp³-hybridized carbons (Fsp3) is 0.619. The van der Waals surface area contributed by atoms with Crippen LogP contribution in [-0.2, 0) is 4.43 Å². The van der Waals surface area contributed by atoms with Crippen LogP contribution in [-0.4, -0.2) is 16.4 Å². The van der Waals surface area contributed by atoms with Crippen LogP contribution in [0.1, 0.15) is 52.5 Å². The van der Waals surface area contributed by atoms with Gasteiger partial charge >= 0.3 is 0 Å². The van der Waals surface area contributed by atoms with Crippen LogP contribution in [0.25, 0.3) is 0 Å². The molecule has 1 unspecified atom stereocenters. The van der Waals surface area contributed by atoms with Gasteiger partial charge in [-0.1, -0.05) is 66.6 Å². The summed E-state index contributed by atoms with van der Waals surface area (Å²) in [6, 6.07) is 4.17. The van der Waals surface area contributed by atoms with Crippen LogP contribution in [0.15, 0.2) is 17.5 Å². The van der Waals surface area contributed by atoms with E-state index in [0.717, 1.165) is 0 Å². The van der Waals surface area contributed by atoms with Gasteiger partial charge in [-0.25, -0.2) is 0 Å². The van der Waals surface area contributed by atoms with Gasteiger partial charge in [0.15, 0.2) is 8.32 Å². The monoisotopic (exact) mass is 390 g/mol. The molecule has 1 nitrogen and oxygen atoms in total. The predicted molar refractivity (Wildman–Crippen MR) is 118 cm³/mol. The van der Waals surface area contributed by atoms with Gasteiger partial charge in [0, 0.05) is 4.88 Å². The minimum Gasteiger partial charge on any atom is -0.399 e. The van der Waals surface area contributed by atoms with Crippen LogP contribution < -0.4 is 0 Å². The largest absolute Gasteiger partial charge is 0.399 e. The molecule has 0 aliphatic rings. The third-order valence-electron chi connectivity index (χ3n) is 5.54. The van der Waals surface area contributed by atoms with E-state index < -0.39 is 16.4 Å². The van der Waals surface area contributed by atoms with Crippen molar-refractivity contribution in [3.63, 3.8) is 0 Å². The Morgan fingerprint density at radius 1 is 0.960 bits per heavy atom. The summed E-state index contributed by atoms with van der Waals surface area (Å²) in [6.45, 7) is 22.8. The van der Waals surface area contributed by atoms with Crippen molar-refractivity contribution < 1.29 is 4.43 Å². The summed E-state index contributed by atoms with van der Waals surface area (Å²) in [5, 5.41) is 2.50. The molecule has 4 heteroatoms. The quantitative estimate of drug-likeness (QED) is 0.404. The second-order valence-corrected chi connectivity index (χ2v) is 20.4. The van der Waals surface area contributed by atoms with Crippen LogP contribution in [0.3, 0.4) is 0 Å². The van der Waals surface area contributed by atoms with E-state index in [4.69, 9.17) is 4.43 Å². The predicted octanol–water partition coefficient (Wildman–Crippen LogP) is 6.87. The molecule has 0 N–H and O–H groups in total. The van der Waals surface area contributed by atoms with Gasteiger partial charge in [-0.2, -0.15) is 0 Å². The zero-order valence-electron chi connectivity index (χ0n) is 17.6. The smallest absolute Gasteiger partial charge is 0.194 e. The first-order valence-electron chi connectivity index (χ1n) is 8.91. The van der Waals surface area contributed by atoms with Crippen molar-refractivity contribution in [2.75, 3.05) is 0 Å². The first-order valence-corrected chi connectivity index (χ1v) is 15.7. The molecule has 1 atom stereocenters. The Bertz CT molecular complexity index is 681. The third-order valence-corrected chi connectivity index (χ3v) is 15.4. The van der Waals surface area contributed by atoms with Gasteiger partial charge in [-0.15, -0.1) is 16.9 Å². The molecule has 0 radical (unpaired) electrons. The van der Waals surface area contributed by atoms with Gasteiger partial charge < -0.3 is 4.43 Å². The molecule has 0 amide bonds. The van der Waals surface area contributed by atoms with E-state index in [1.165, 1.54) is 4.88 Å². The Labute approximate surface area is 161 Å². The average Bonchev–Trinajstić information content (AvgIpc) is 2.93. The summed E-state index contributed by atoms with van der Waals surface area (Å²) in [6.07, 6.45) is -0.172. The highest BCUT2D eigenvalue weighted by Crippen LogP contribution is 2.40. The molecule has 1 aromatic rings. The Kier molecular flexibility index (Phi) is 6.98. The van der Waals surface area contributed by atoms with E-state index in [9.17, 15) is 0 Å². The molecule has 0 saturated carbocycles. The highest BCUT2D eigenvalue weighted by molar-refractivity contribution is 7.10. The molecule has 1 rings (SSSR count). The molecule has 1 aromatic heterocycles. The molecular formula is C21H34OSSi2. The van der Waals surface area contributed by atoms with E-state index in [1.54, 1.807) is 11.3 Å². The molecule has 0 aliphatic heterocycles. The topological polar surface area (TPSA) is 9.23 Å². The standard InChI is InChI=1S/C21H34OSSi2/c1-20(2,3)24(7,8)17-12-11-14-18(19-15-13-16-23-19)22-25(9,10)21(4,5)6/h13,15-16,18H,1-10H3.